The molecule has 0 aromatic heterocycles. The van der Waals surface area contributed by atoms with Crippen LogP contribution in [-0.2, 0) is 27.3 Å². The van der Waals surface area contributed by atoms with E-state index in [2.05, 4.69) is 5.32 Å². The minimum Gasteiger partial charge on any atom is -0.462 e. The van der Waals surface area contributed by atoms with E-state index >= 15 is 4.39 Å². The van der Waals surface area contributed by atoms with Gasteiger partial charge in [0.25, 0.3) is 0 Å². The highest BCUT2D eigenvalue weighted by Crippen LogP contribution is 2.50. The van der Waals surface area contributed by atoms with E-state index in [-0.39, 0.29) is 41.8 Å². The number of ether oxygens (including phenoxy) is 1. The van der Waals surface area contributed by atoms with Gasteiger partial charge in [-0.05, 0) is 61.7 Å². The molecule has 0 radical (unpaired) electrons. The van der Waals surface area contributed by atoms with E-state index in [1.54, 1.807) is 0 Å². The molecular formula is C27H19F8NO3. The first-order valence-corrected chi connectivity index (χ1v) is 11.5. The van der Waals surface area contributed by atoms with E-state index < -0.39 is 58.0 Å². The molecule has 12 heteroatoms. The maximum atomic E-state index is 15.3. The first-order chi connectivity index (χ1) is 18.2. The summed E-state index contributed by atoms with van der Waals surface area (Å²) in [7, 11) is 0. The Morgan fingerprint density at radius 3 is 1.95 bits per heavy atom. The summed E-state index contributed by atoms with van der Waals surface area (Å²) >= 11 is 0. The molecular weight excluding hydrogens is 538 g/mol. The van der Waals surface area contributed by atoms with Crippen molar-refractivity contribution in [3.8, 4) is 11.1 Å². The van der Waals surface area contributed by atoms with Gasteiger partial charge in [-0.2, -0.15) is 26.3 Å². The molecule has 0 bridgehead atoms. The molecule has 1 N–H and O–H groups in total. The predicted molar refractivity (Wildman–Crippen MR) is 124 cm³/mol. The van der Waals surface area contributed by atoms with E-state index in [1.165, 1.54) is 6.92 Å². The van der Waals surface area contributed by atoms with Crippen molar-refractivity contribution < 1.29 is 49.4 Å². The minimum absolute atomic E-state index is 0.0630. The highest BCUT2D eigenvalue weighted by Gasteiger charge is 2.53. The summed E-state index contributed by atoms with van der Waals surface area (Å²) in [5.41, 5.74) is -5.03. The van der Waals surface area contributed by atoms with Gasteiger partial charge in [-0.1, -0.05) is 18.2 Å². The molecule has 1 fully saturated rings. The first-order valence-electron chi connectivity index (χ1n) is 11.5. The van der Waals surface area contributed by atoms with E-state index in [1.807, 2.05) is 0 Å². The second kappa shape index (κ2) is 9.97. The predicted octanol–water partition coefficient (Wildman–Crippen LogP) is 7.52. The third kappa shape index (κ3) is 5.59. The summed E-state index contributed by atoms with van der Waals surface area (Å²) in [5, 5.41) is 2.38. The first kappa shape index (κ1) is 28.1. The Kier molecular flexibility index (Phi) is 7.18. The molecule has 1 aliphatic rings. The smallest absolute Gasteiger partial charge is 0.416 e. The average Bonchev–Trinajstić information content (AvgIpc) is 3.65. The van der Waals surface area contributed by atoms with Crippen molar-refractivity contribution in [3.63, 3.8) is 0 Å². The monoisotopic (exact) mass is 557 g/mol. The SMILES string of the molecule is CCOC(=O)c1cc(NC(=O)C2(c3ccc(C(F)(F)F)cc3F)CC2)cc(F)c1-c1ccc(C(F)(F)F)cc1. The standard InChI is InChI=1S/C27H19F8NO3/c1-2-39-23(37)18-12-17(13-21(29)22(18)14-3-5-15(6-4-14)26(30,31)32)36-24(38)25(9-10-25)19-8-7-16(11-20(19)28)27(33,34)35/h3-8,11-13H,2,9-10H2,1H3,(H,36,38). The average molecular weight is 557 g/mol. The Balaban J connectivity index is 1.68. The lowest BCUT2D eigenvalue weighted by molar-refractivity contribution is -0.138. The lowest BCUT2D eigenvalue weighted by atomic mass is 9.92. The van der Waals surface area contributed by atoms with Crippen molar-refractivity contribution in [1.82, 2.24) is 0 Å². The number of benzene rings is 3. The van der Waals surface area contributed by atoms with Crippen LogP contribution >= 0.6 is 0 Å². The molecule has 0 aliphatic heterocycles. The molecule has 1 aliphatic carbocycles. The number of anilines is 1. The Morgan fingerprint density at radius 1 is 0.846 bits per heavy atom. The molecule has 206 valence electrons. The van der Waals surface area contributed by atoms with Gasteiger partial charge in [0.1, 0.15) is 11.6 Å². The Morgan fingerprint density at radius 2 is 1.44 bits per heavy atom. The summed E-state index contributed by atoms with van der Waals surface area (Å²) in [5.74, 6) is -4.15. The van der Waals surface area contributed by atoms with Crippen LogP contribution in [0.5, 0.6) is 0 Å². The van der Waals surface area contributed by atoms with E-state index in [0.717, 1.165) is 42.5 Å². The number of halogens is 8. The van der Waals surface area contributed by atoms with Gasteiger partial charge in [0.15, 0.2) is 0 Å². The number of amides is 1. The minimum atomic E-state index is -4.78. The molecule has 3 aromatic rings. The van der Waals surface area contributed by atoms with Gasteiger partial charge in [0.05, 0.1) is 28.7 Å². The van der Waals surface area contributed by atoms with Crippen molar-refractivity contribution in [1.29, 1.82) is 0 Å². The highest BCUT2D eigenvalue weighted by atomic mass is 19.4. The van der Waals surface area contributed by atoms with Gasteiger partial charge < -0.3 is 10.1 Å². The maximum Gasteiger partial charge on any atom is 0.416 e. The molecule has 0 saturated heterocycles. The molecule has 0 atom stereocenters. The van der Waals surface area contributed by atoms with Crippen LogP contribution in [-0.4, -0.2) is 18.5 Å². The maximum absolute atomic E-state index is 15.3. The summed E-state index contributed by atoms with van der Waals surface area (Å²) < 4.78 is 112. The van der Waals surface area contributed by atoms with Crippen LogP contribution in [0.15, 0.2) is 54.6 Å². The number of hydrogen-bond acceptors (Lipinski definition) is 3. The number of nitrogens with one attached hydrogen (secondary N) is 1. The number of carbonyl (C=O) groups is 2. The fourth-order valence-electron chi connectivity index (χ4n) is 4.24. The Labute approximate surface area is 216 Å². The van der Waals surface area contributed by atoms with Crippen LogP contribution in [0.2, 0.25) is 0 Å². The van der Waals surface area contributed by atoms with Crippen LogP contribution in [0.1, 0.15) is 46.8 Å². The van der Waals surface area contributed by atoms with Crippen molar-refractivity contribution in [2.45, 2.75) is 37.5 Å². The van der Waals surface area contributed by atoms with Gasteiger partial charge in [-0.15, -0.1) is 0 Å². The zero-order valence-electron chi connectivity index (χ0n) is 20.1. The lowest BCUT2D eigenvalue weighted by Crippen LogP contribution is -2.29. The summed E-state index contributed by atoms with van der Waals surface area (Å²) in [6.07, 6.45) is -9.20. The number of esters is 1. The van der Waals surface area contributed by atoms with Gasteiger partial charge >= 0.3 is 18.3 Å². The molecule has 1 amide bonds. The Bertz CT molecular complexity index is 1420. The largest absolute Gasteiger partial charge is 0.462 e. The fourth-order valence-corrected chi connectivity index (χ4v) is 4.24. The van der Waals surface area contributed by atoms with E-state index in [9.17, 15) is 40.3 Å². The molecule has 4 rings (SSSR count). The third-order valence-corrected chi connectivity index (χ3v) is 6.34. The Hall–Kier alpha value is -3.96. The van der Waals surface area contributed by atoms with Crippen molar-refractivity contribution in [2.75, 3.05) is 11.9 Å². The van der Waals surface area contributed by atoms with E-state index in [4.69, 9.17) is 4.74 Å². The third-order valence-electron chi connectivity index (χ3n) is 6.34. The molecule has 0 heterocycles. The van der Waals surface area contributed by atoms with E-state index in [0.29, 0.717) is 12.1 Å². The van der Waals surface area contributed by atoms with Crippen LogP contribution < -0.4 is 5.32 Å². The molecule has 39 heavy (non-hydrogen) atoms. The second-order valence-corrected chi connectivity index (χ2v) is 8.90. The fraction of sp³-hybridized carbons (Fsp3) is 0.259. The molecule has 0 unspecified atom stereocenters. The van der Waals surface area contributed by atoms with Crippen molar-refractivity contribution in [3.05, 3.63) is 88.5 Å². The van der Waals surface area contributed by atoms with Crippen LogP contribution in [0.3, 0.4) is 0 Å². The number of carbonyl (C=O) groups excluding carboxylic acids is 2. The second-order valence-electron chi connectivity index (χ2n) is 8.90. The van der Waals surface area contributed by atoms with Gasteiger partial charge in [0.2, 0.25) is 5.91 Å². The molecule has 3 aromatic carbocycles. The van der Waals surface area contributed by atoms with Crippen molar-refractivity contribution in [2.24, 2.45) is 0 Å². The van der Waals surface area contributed by atoms with Crippen molar-refractivity contribution >= 4 is 17.6 Å². The molecule has 0 spiro atoms. The number of hydrogen-bond donors (Lipinski definition) is 1. The zero-order chi connectivity index (χ0) is 28.8. The summed E-state index contributed by atoms with van der Waals surface area (Å²) in [6.45, 7) is 1.37. The van der Waals surface area contributed by atoms with Gasteiger partial charge in [-0.3, -0.25) is 4.79 Å². The van der Waals surface area contributed by atoms with Gasteiger partial charge in [-0.25, -0.2) is 13.6 Å². The number of rotatable bonds is 6. The molecule has 4 nitrogen and oxygen atoms in total. The molecule has 1 saturated carbocycles. The van der Waals surface area contributed by atoms with Crippen LogP contribution in [0, 0.1) is 11.6 Å². The quantitative estimate of drug-likeness (QED) is 0.252. The van der Waals surface area contributed by atoms with Gasteiger partial charge in [0, 0.05) is 16.8 Å². The topological polar surface area (TPSA) is 55.4 Å². The normalized spacial score (nSPS) is 14.6. The zero-order valence-corrected chi connectivity index (χ0v) is 20.1. The summed E-state index contributed by atoms with van der Waals surface area (Å²) in [6, 6.07) is 7.11. The lowest BCUT2D eigenvalue weighted by Gasteiger charge is -2.19. The highest BCUT2D eigenvalue weighted by molar-refractivity contribution is 6.04. The summed E-state index contributed by atoms with van der Waals surface area (Å²) in [4.78, 5) is 25.7. The van der Waals surface area contributed by atoms with Crippen LogP contribution in [0.4, 0.5) is 40.8 Å². The van der Waals surface area contributed by atoms with Crippen LogP contribution in [0.25, 0.3) is 11.1 Å². The number of alkyl halides is 6.